The van der Waals surface area contributed by atoms with Gasteiger partial charge in [0.25, 0.3) is 5.91 Å². The number of urea groups is 2. The van der Waals surface area contributed by atoms with Crippen LogP contribution < -0.4 is 21.7 Å². The molecular weight excluding hydrogens is 280 g/mol. The zero-order valence-electron chi connectivity index (χ0n) is 11.1. The number of imide groups is 1. The second-order valence-corrected chi connectivity index (χ2v) is 3.77. The molecule has 9 nitrogen and oxygen atoms in total. The summed E-state index contributed by atoms with van der Waals surface area (Å²) in [6.45, 7) is -0.590. The summed E-state index contributed by atoms with van der Waals surface area (Å²) in [5, 5.41) is 6.45. The van der Waals surface area contributed by atoms with Gasteiger partial charge in [0, 0.05) is 12.7 Å². The second-order valence-electron chi connectivity index (χ2n) is 3.77. The number of carbonyl (C=O) groups excluding carboxylic acids is 4. The van der Waals surface area contributed by atoms with Gasteiger partial charge >= 0.3 is 18.0 Å². The van der Waals surface area contributed by atoms with E-state index in [1.54, 1.807) is 0 Å². The van der Waals surface area contributed by atoms with Crippen LogP contribution in [0.2, 0.25) is 0 Å². The number of esters is 1. The highest BCUT2D eigenvalue weighted by molar-refractivity contribution is 5.97. The number of primary amides is 1. The molecule has 0 heterocycles. The normalized spacial score (nSPS) is 9.38. The average molecular weight is 294 g/mol. The molecule has 5 N–H and O–H groups in total. The van der Waals surface area contributed by atoms with Crippen molar-refractivity contribution in [2.24, 2.45) is 5.73 Å². The lowest BCUT2D eigenvalue weighted by Crippen LogP contribution is -2.39. The lowest BCUT2D eigenvalue weighted by atomic mass is 10.2. The molecule has 0 saturated carbocycles. The van der Waals surface area contributed by atoms with E-state index in [1.807, 2.05) is 5.32 Å². The van der Waals surface area contributed by atoms with E-state index in [4.69, 9.17) is 10.5 Å². The van der Waals surface area contributed by atoms with Gasteiger partial charge in [0.1, 0.15) is 0 Å². The van der Waals surface area contributed by atoms with Crippen LogP contribution >= 0.6 is 0 Å². The van der Waals surface area contributed by atoms with Crippen molar-refractivity contribution in [3.63, 3.8) is 0 Å². The molecule has 0 spiro atoms. The Labute approximate surface area is 119 Å². The van der Waals surface area contributed by atoms with Gasteiger partial charge < -0.3 is 21.1 Å². The molecule has 0 unspecified atom stereocenters. The molecule has 9 heteroatoms. The van der Waals surface area contributed by atoms with Crippen molar-refractivity contribution in [1.82, 2.24) is 10.6 Å². The molecule has 1 aromatic carbocycles. The summed E-state index contributed by atoms with van der Waals surface area (Å²) in [5.74, 6) is -1.50. The molecule has 21 heavy (non-hydrogen) atoms. The van der Waals surface area contributed by atoms with Crippen molar-refractivity contribution in [3.05, 3.63) is 29.8 Å². The summed E-state index contributed by atoms with van der Waals surface area (Å²) < 4.78 is 4.71. The smallest absolute Gasteiger partial charge is 0.338 e. The van der Waals surface area contributed by atoms with Crippen molar-refractivity contribution >= 4 is 29.6 Å². The Morgan fingerprint density at radius 2 is 1.76 bits per heavy atom. The largest absolute Gasteiger partial charge is 0.452 e. The molecule has 1 aromatic rings. The quantitative estimate of drug-likeness (QED) is 0.569. The molecule has 0 fully saturated rings. The third kappa shape index (κ3) is 5.59. The fourth-order valence-corrected chi connectivity index (χ4v) is 1.27. The molecule has 0 saturated heterocycles. The molecule has 0 aliphatic heterocycles. The topological polar surface area (TPSA) is 140 Å². The SMILES string of the molecule is CNC(=O)NC(=O)COC(=O)c1ccc(NC(N)=O)cc1. The van der Waals surface area contributed by atoms with Crippen molar-refractivity contribution < 1.29 is 23.9 Å². The first kappa shape index (κ1) is 16.0. The highest BCUT2D eigenvalue weighted by atomic mass is 16.5. The summed E-state index contributed by atoms with van der Waals surface area (Å²) in [6, 6.07) is 4.26. The van der Waals surface area contributed by atoms with E-state index >= 15 is 0 Å². The number of nitrogens with one attached hydrogen (secondary N) is 3. The second kappa shape index (κ2) is 7.48. The number of amides is 5. The summed E-state index contributed by atoms with van der Waals surface area (Å²) in [7, 11) is 1.34. The van der Waals surface area contributed by atoms with Gasteiger partial charge in [-0.1, -0.05) is 0 Å². The third-order valence-electron chi connectivity index (χ3n) is 2.20. The summed E-state index contributed by atoms with van der Waals surface area (Å²) in [4.78, 5) is 44.3. The Hall–Kier alpha value is -3.10. The summed E-state index contributed by atoms with van der Waals surface area (Å²) in [5.41, 5.74) is 5.53. The number of hydrogen-bond donors (Lipinski definition) is 4. The molecule has 0 radical (unpaired) electrons. The lowest BCUT2D eigenvalue weighted by molar-refractivity contribution is -0.123. The standard InChI is InChI=1S/C12H14N4O5/c1-14-12(20)16-9(17)6-21-10(18)7-2-4-8(5-3-7)15-11(13)19/h2-5H,6H2,1H3,(H3,13,15,19)(H2,14,16,17,20). The molecule has 0 atom stereocenters. The van der Waals surface area contributed by atoms with E-state index in [0.29, 0.717) is 5.69 Å². The predicted octanol–water partition coefficient (Wildman–Crippen LogP) is -0.210. The number of carbonyl (C=O) groups is 4. The molecule has 0 aromatic heterocycles. The van der Waals surface area contributed by atoms with Gasteiger partial charge in [0.05, 0.1) is 5.56 Å². The van der Waals surface area contributed by atoms with Crippen LogP contribution in [0.1, 0.15) is 10.4 Å². The highest BCUT2D eigenvalue weighted by Gasteiger charge is 2.11. The predicted molar refractivity (Wildman–Crippen MR) is 72.5 cm³/mol. The van der Waals surface area contributed by atoms with Crippen molar-refractivity contribution in [3.8, 4) is 0 Å². The number of ether oxygens (including phenoxy) is 1. The van der Waals surface area contributed by atoms with Crippen LogP contribution in [-0.2, 0) is 9.53 Å². The van der Waals surface area contributed by atoms with Gasteiger partial charge in [-0.15, -0.1) is 0 Å². The third-order valence-corrected chi connectivity index (χ3v) is 2.20. The monoisotopic (exact) mass is 294 g/mol. The summed E-state index contributed by atoms with van der Waals surface area (Å²) >= 11 is 0. The molecule has 112 valence electrons. The first-order valence-corrected chi connectivity index (χ1v) is 5.77. The Morgan fingerprint density at radius 3 is 2.29 bits per heavy atom. The number of hydrogen-bond acceptors (Lipinski definition) is 5. The molecule has 1 rings (SSSR count). The zero-order chi connectivity index (χ0) is 15.8. The molecule has 0 aliphatic carbocycles. The van der Waals surface area contributed by atoms with Crippen LogP contribution in [0.15, 0.2) is 24.3 Å². The van der Waals surface area contributed by atoms with Gasteiger partial charge in [-0.25, -0.2) is 14.4 Å². The van der Waals surface area contributed by atoms with Crippen molar-refractivity contribution in [2.75, 3.05) is 19.0 Å². The zero-order valence-corrected chi connectivity index (χ0v) is 11.1. The van der Waals surface area contributed by atoms with Crippen LogP contribution in [0.4, 0.5) is 15.3 Å². The number of rotatable bonds is 4. The van der Waals surface area contributed by atoms with Crippen molar-refractivity contribution in [2.45, 2.75) is 0 Å². The number of nitrogens with two attached hydrogens (primary N) is 1. The van der Waals surface area contributed by atoms with E-state index in [-0.39, 0.29) is 5.56 Å². The van der Waals surface area contributed by atoms with Crippen LogP contribution in [0, 0.1) is 0 Å². The Balaban J connectivity index is 2.50. The van der Waals surface area contributed by atoms with Gasteiger partial charge in [-0.3, -0.25) is 10.1 Å². The molecule has 0 bridgehead atoms. The Morgan fingerprint density at radius 1 is 1.14 bits per heavy atom. The first-order chi connectivity index (χ1) is 9.92. The van der Waals surface area contributed by atoms with Gasteiger partial charge in [-0.05, 0) is 24.3 Å². The minimum absolute atomic E-state index is 0.178. The minimum atomic E-state index is -0.755. The molecular formula is C12H14N4O5. The van der Waals surface area contributed by atoms with Crippen molar-refractivity contribution in [1.29, 1.82) is 0 Å². The Kier molecular flexibility index (Phi) is 5.68. The fourth-order valence-electron chi connectivity index (χ4n) is 1.27. The molecule has 5 amide bonds. The van der Waals surface area contributed by atoms with Crippen LogP contribution in [0.25, 0.3) is 0 Å². The van der Waals surface area contributed by atoms with E-state index in [2.05, 4.69) is 10.6 Å². The molecule has 0 aliphatic rings. The van der Waals surface area contributed by atoms with Gasteiger partial charge in [0.2, 0.25) is 0 Å². The van der Waals surface area contributed by atoms with E-state index in [1.165, 1.54) is 31.3 Å². The summed E-state index contributed by atoms with van der Waals surface area (Å²) in [6.07, 6.45) is 0. The van der Waals surface area contributed by atoms with E-state index < -0.39 is 30.5 Å². The van der Waals surface area contributed by atoms with Gasteiger partial charge in [0.15, 0.2) is 6.61 Å². The maximum atomic E-state index is 11.6. The maximum absolute atomic E-state index is 11.6. The lowest BCUT2D eigenvalue weighted by Gasteiger charge is -2.06. The van der Waals surface area contributed by atoms with Crippen LogP contribution in [0.5, 0.6) is 0 Å². The Bertz CT molecular complexity index is 555. The average Bonchev–Trinajstić information content (AvgIpc) is 2.44. The maximum Gasteiger partial charge on any atom is 0.338 e. The fraction of sp³-hybridized carbons (Fsp3) is 0.167. The minimum Gasteiger partial charge on any atom is -0.452 e. The van der Waals surface area contributed by atoms with Gasteiger partial charge in [-0.2, -0.15) is 0 Å². The number of anilines is 1. The first-order valence-electron chi connectivity index (χ1n) is 5.77. The number of benzene rings is 1. The van der Waals surface area contributed by atoms with Crippen LogP contribution in [-0.4, -0.2) is 37.6 Å². The van der Waals surface area contributed by atoms with E-state index in [0.717, 1.165) is 0 Å². The van der Waals surface area contributed by atoms with E-state index in [9.17, 15) is 19.2 Å². The highest BCUT2D eigenvalue weighted by Crippen LogP contribution is 2.10. The van der Waals surface area contributed by atoms with Crippen LogP contribution in [0.3, 0.4) is 0 Å².